The minimum Gasteiger partial charge on any atom is -0.469 e. The molecule has 0 aliphatic heterocycles. The van der Waals surface area contributed by atoms with Crippen LogP contribution in [0.2, 0.25) is 0 Å². The lowest BCUT2D eigenvalue weighted by Crippen LogP contribution is -2.19. The van der Waals surface area contributed by atoms with E-state index in [0.29, 0.717) is 6.07 Å². The minimum atomic E-state index is -5.04. The van der Waals surface area contributed by atoms with Crippen molar-refractivity contribution in [1.82, 2.24) is 4.98 Å². The van der Waals surface area contributed by atoms with Crippen LogP contribution >= 0.6 is 22.6 Å². The number of carbonyl (C=O) groups excluding carboxylic acids is 1. The first-order chi connectivity index (χ1) is 9.14. The third-order valence-corrected chi connectivity index (χ3v) is 2.98. The summed E-state index contributed by atoms with van der Waals surface area (Å²) in [6.07, 6.45) is -8.64. The van der Waals surface area contributed by atoms with Crippen LogP contribution in [0.5, 0.6) is 5.88 Å². The van der Waals surface area contributed by atoms with Gasteiger partial charge in [0.25, 0.3) is 6.43 Å². The molecule has 0 radical (unpaired) electrons. The molecule has 1 aromatic rings. The molecule has 10 heteroatoms. The summed E-state index contributed by atoms with van der Waals surface area (Å²) >= 11 is 1.45. The number of esters is 1. The number of ether oxygens (including phenoxy) is 2. The molecule has 0 aliphatic carbocycles. The van der Waals surface area contributed by atoms with E-state index in [4.69, 9.17) is 0 Å². The van der Waals surface area contributed by atoms with Gasteiger partial charge in [0.05, 0.1) is 13.5 Å². The Morgan fingerprint density at radius 3 is 2.50 bits per heavy atom. The number of rotatable bonds is 4. The van der Waals surface area contributed by atoms with Gasteiger partial charge in [0.1, 0.15) is 3.70 Å². The zero-order chi connectivity index (χ0) is 15.5. The number of pyridine rings is 1. The Balaban J connectivity index is 3.22. The highest BCUT2D eigenvalue weighted by Crippen LogP contribution is 2.31. The van der Waals surface area contributed by atoms with E-state index in [1.54, 1.807) is 0 Å². The van der Waals surface area contributed by atoms with E-state index < -0.39 is 36.6 Å². The maximum Gasteiger partial charge on any atom is 0.574 e. The summed E-state index contributed by atoms with van der Waals surface area (Å²) in [6, 6.07) is 0.457. The molecule has 0 amide bonds. The molecule has 1 aromatic heterocycles. The van der Waals surface area contributed by atoms with Crippen LogP contribution in [0.3, 0.4) is 0 Å². The quantitative estimate of drug-likeness (QED) is 0.331. The van der Waals surface area contributed by atoms with Crippen LogP contribution in [0, 0.1) is 3.70 Å². The third-order valence-electron chi connectivity index (χ3n) is 2.09. The van der Waals surface area contributed by atoms with Crippen LogP contribution in [0.1, 0.15) is 17.6 Å². The summed E-state index contributed by atoms with van der Waals surface area (Å²) in [6.45, 7) is 0. The second-order valence-electron chi connectivity index (χ2n) is 3.42. The number of aromatic nitrogens is 1. The maximum atomic E-state index is 12.9. The first-order valence-corrected chi connectivity index (χ1v) is 6.02. The first-order valence-electron chi connectivity index (χ1n) is 4.94. The lowest BCUT2D eigenvalue weighted by Gasteiger charge is -2.13. The summed E-state index contributed by atoms with van der Waals surface area (Å²) in [4.78, 5) is 14.5. The fourth-order valence-electron chi connectivity index (χ4n) is 1.29. The van der Waals surface area contributed by atoms with Gasteiger partial charge in [-0.1, -0.05) is 0 Å². The van der Waals surface area contributed by atoms with Gasteiger partial charge in [-0.05, 0) is 22.6 Å². The largest absolute Gasteiger partial charge is 0.574 e. The number of halogens is 6. The Morgan fingerprint density at radius 2 is 2.05 bits per heavy atom. The van der Waals surface area contributed by atoms with Gasteiger partial charge >= 0.3 is 12.3 Å². The second kappa shape index (κ2) is 6.50. The molecule has 0 saturated heterocycles. The summed E-state index contributed by atoms with van der Waals surface area (Å²) in [5.74, 6) is -1.82. The normalized spacial score (nSPS) is 11.6. The zero-order valence-corrected chi connectivity index (χ0v) is 12.0. The molecule has 0 saturated carbocycles. The minimum absolute atomic E-state index is 0.190. The molecule has 0 aromatic carbocycles. The topological polar surface area (TPSA) is 48.4 Å². The van der Waals surface area contributed by atoms with Crippen molar-refractivity contribution in [3.05, 3.63) is 20.9 Å². The molecule has 0 unspecified atom stereocenters. The molecule has 0 atom stereocenters. The van der Waals surface area contributed by atoms with E-state index in [1.165, 1.54) is 22.6 Å². The van der Waals surface area contributed by atoms with Crippen molar-refractivity contribution in [2.24, 2.45) is 0 Å². The van der Waals surface area contributed by atoms with Crippen LogP contribution in [0.25, 0.3) is 0 Å². The summed E-state index contributed by atoms with van der Waals surface area (Å²) < 4.78 is 69.5. The number of carbonyl (C=O) groups is 1. The van der Waals surface area contributed by atoms with Crippen LogP contribution < -0.4 is 4.74 Å². The van der Waals surface area contributed by atoms with Crippen molar-refractivity contribution < 1.29 is 36.2 Å². The molecule has 20 heavy (non-hydrogen) atoms. The van der Waals surface area contributed by atoms with Gasteiger partial charge in [0.2, 0.25) is 5.88 Å². The number of alkyl halides is 5. The van der Waals surface area contributed by atoms with Gasteiger partial charge in [-0.25, -0.2) is 13.8 Å². The van der Waals surface area contributed by atoms with E-state index in [-0.39, 0.29) is 9.26 Å². The zero-order valence-electron chi connectivity index (χ0n) is 9.80. The Hall–Kier alpha value is -1.20. The van der Waals surface area contributed by atoms with Gasteiger partial charge in [-0.15, -0.1) is 13.2 Å². The summed E-state index contributed by atoms with van der Waals surface area (Å²) in [5, 5.41) is 0. The molecule has 1 rings (SSSR count). The molecule has 0 fully saturated rings. The first kappa shape index (κ1) is 16.9. The van der Waals surface area contributed by atoms with Gasteiger partial charge in [-0.3, -0.25) is 4.79 Å². The molecule has 0 spiro atoms. The van der Waals surface area contributed by atoms with Crippen molar-refractivity contribution in [2.45, 2.75) is 19.2 Å². The van der Waals surface area contributed by atoms with Crippen LogP contribution in [0.4, 0.5) is 22.0 Å². The fraction of sp³-hybridized carbons (Fsp3) is 0.400. The van der Waals surface area contributed by atoms with Crippen molar-refractivity contribution >= 4 is 28.6 Å². The lowest BCUT2D eigenvalue weighted by molar-refractivity contribution is -0.276. The molecule has 112 valence electrons. The van der Waals surface area contributed by atoms with Crippen molar-refractivity contribution in [3.63, 3.8) is 0 Å². The average Bonchev–Trinajstić information content (AvgIpc) is 2.29. The van der Waals surface area contributed by atoms with Gasteiger partial charge < -0.3 is 9.47 Å². The second-order valence-corrected chi connectivity index (χ2v) is 4.44. The number of hydrogen-bond acceptors (Lipinski definition) is 4. The molecule has 4 nitrogen and oxygen atoms in total. The van der Waals surface area contributed by atoms with E-state index in [2.05, 4.69) is 14.5 Å². The summed E-state index contributed by atoms with van der Waals surface area (Å²) in [5.41, 5.74) is -0.948. The lowest BCUT2D eigenvalue weighted by atomic mass is 10.1. The molecule has 0 N–H and O–H groups in total. The van der Waals surface area contributed by atoms with Crippen molar-refractivity contribution in [3.8, 4) is 5.88 Å². The van der Waals surface area contributed by atoms with Crippen LogP contribution in [-0.2, 0) is 16.0 Å². The highest BCUT2D eigenvalue weighted by molar-refractivity contribution is 14.1. The Labute approximate surface area is 123 Å². The molecule has 1 heterocycles. The van der Waals surface area contributed by atoms with Crippen LogP contribution in [-0.4, -0.2) is 24.4 Å². The number of hydrogen-bond donors (Lipinski definition) is 0. The maximum absolute atomic E-state index is 12.9. The van der Waals surface area contributed by atoms with Crippen molar-refractivity contribution in [1.29, 1.82) is 0 Å². The smallest absolute Gasteiger partial charge is 0.469 e. The van der Waals surface area contributed by atoms with Gasteiger partial charge in [0.15, 0.2) is 0 Å². The van der Waals surface area contributed by atoms with E-state index >= 15 is 0 Å². The molecule has 0 bridgehead atoms. The number of methoxy groups -OCH3 is 1. The van der Waals surface area contributed by atoms with E-state index in [0.717, 1.165) is 7.11 Å². The molecular weight excluding hydrogens is 404 g/mol. The standard InChI is InChI=1S/C10H7F5INO3/c1-19-7(18)3-5-4(8(11)12)2-6(17-9(5)16)20-10(13,14)15/h2,8H,3H2,1H3. The predicted molar refractivity (Wildman–Crippen MR) is 64.3 cm³/mol. The van der Waals surface area contributed by atoms with E-state index in [1.807, 2.05) is 0 Å². The molecular formula is C10H7F5INO3. The molecule has 0 aliphatic rings. The highest BCUT2D eigenvalue weighted by Gasteiger charge is 2.33. The van der Waals surface area contributed by atoms with Gasteiger partial charge in [-0.2, -0.15) is 0 Å². The SMILES string of the molecule is COC(=O)Cc1c(C(F)F)cc(OC(F)(F)F)nc1I. The third kappa shape index (κ3) is 4.72. The van der Waals surface area contributed by atoms with Crippen LogP contribution in [0.15, 0.2) is 6.07 Å². The van der Waals surface area contributed by atoms with E-state index in [9.17, 15) is 26.7 Å². The van der Waals surface area contributed by atoms with Crippen molar-refractivity contribution in [2.75, 3.05) is 7.11 Å². The Kier molecular flexibility index (Phi) is 5.48. The average molecular weight is 411 g/mol. The monoisotopic (exact) mass is 411 g/mol. The Bertz CT molecular complexity index is 506. The van der Waals surface area contributed by atoms with Gasteiger partial charge in [0, 0.05) is 17.2 Å². The highest BCUT2D eigenvalue weighted by atomic mass is 127. The predicted octanol–water partition coefficient (Wildman–Crippen LogP) is 3.24. The fourth-order valence-corrected chi connectivity index (χ4v) is 2.03. The Morgan fingerprint density at radius 1 is 1.45 bits per heavy atom. The summed E-state index contributed by atoms with van der Waals surface area (Å²) in [7, 11) is 1.06. The number of nitrogens with zero attached hydrogens (tertiary/aromatic N) is 1.